The largest absolute Gasteiger partial charge is 0.490 e. The third-order valence-electron chi connectivity index (χ3n) is 6.13. The molecule has 1 aliphatic heterocycles. The zero-order chi connectivity index (χ0) is 21.4. The maximum Gasteiger partial charge on any atom is 0.356 e. The van der Waals surface area contributed by atoms with Crippen LogP contribution < -0.4 is 4.74 Å². The Morgan fingerprint density at radius 1 is 1.00 bits per heavy atom. The SMILES string of the molecule is O=C(O)c1ccn(C(=O)N2C[C@H]3C[C@H](Oc4cccc(-c5ccncc5)c4)C[C@H]3C2)n1. The van der Waals surface area contributed by atoms with Gasteiger partial charge in [0.15, 0.2) is 5.69 Å². The predicted molar refractivity (Wildman–Crippen MR) is 112 cm³/mol. The number of benzene rings is 1. The number of nitrogens with zero attached hydrogens (tertiary/aromatic N) is 4. The summed E-state index contributed by atoms with van der Waals surface area (Å²) in [5.41, 5.74) is 2.06. The molecule has 1 aromatic carbocycles. The number of amides is 1. The summed E-state index contributed by atoms with van der Waals surface area (Å²) in [5.74, 6) is 0.474. The second-order valence-electron chi connectivity index (χ2n) is 8.13. The highest BCUT2D eigenvalue weighted by molar-refractivity contribution is 5.86. The number of carboxylic acids is 1. The minimum atomic E-state index is -1.14. The van der Waals surface area contributed by atoms with Crippen molar-refractivity contribution in [1.82, 2.24) is 19.7 Å². The number of likely N-dealkylation sites (tertiary alicyclic amines) is 1. The van der Waals surface area contributed by atoms with E-state index in [-0.39, 0.29) is 17.8 Å². The van der Waals surface area contributed by atoms with Crippen LogP contribution in [0.3, 0.4) is 0 Å². The first-order chi connectivity index (χ1) is 15.1. The molecule has 5 rings (SSSR count). The van der Waals surface area contributed by atoms with Gasteiger partial charge in [-0.05, 0) is 66.1 Å². The molecule has 0 unspecified atom stereocenters. The van der Waals surface area contributed by atoms with E-state index in [1.807, 2.05) is 24.3 Å². The number of carboxylic acid groups (broad SMARTS) is 1. The van der Waals surface area contributed by atoms with Crippen LogP contribution in [0.2, 0.25) is 0 Å². The minimum Gasteiger partial charge on any atom is -0.490 e. The highest BCUT2D eigenvalue weighted by Crippen LogP contribution is 2.40. The molecule has 3 aromatic rings. The maximum atomic E-state index is 12.7. The highest BCUT2D eigenvalue weighted by atomic mass is 16.5. The lowest BCUT2D eigenvalue weighted by Crippen LogP contribution is -2.34. The first-order valence-electron chi connectivity index (χ1n) is 10.3. The monoisotopic (exact) mass is 418 g/mol. The Kier molecular flexibility index (Phi) is 4.89. The number of fused-ring (bicyclic) bond motifs is 1. The van der Waals surface area contributed by atoms with Crippen LogP contribution in [0.5, 0.6) is 5.75 Å². The Hall–Kier alpha value is -3.68. The summed E-state index contributed by atoms with van der Waals surface area (Å²) < 4.78 is 7.40. The second-order valence-corrected chi connectivity index (χ2v) is 8.13. The van der Waals surface area contributed by atoms with Gasteiger partial charge < -0.3 is 14.7 Å². The highest BCUT2D eigenvalue weighted by Gasteiger charge is 2.43. The molecule has 1 amide bonds. The topological polar surface area (TPSA) is 97.5 Å². The summed E-state index contributed by atoms with van der Waals surface area (Å²) >= 11 is 0. The van der Waals surface area contributed by atoms with Crippen LogP contribution in [0, 0.1) is 11.8 Å². The third-order valence-corrected chi connectivity index (χ3v) is 6.13. The number of ether oxygens (including phenoxy) is 1. The lowest BCUT2D eigenvalue weighted by molar-refractivity contribution is 0.0690. The Labute approximate surface area is 179 Å². The molecule has 158 valence electrons. The molecule has 8 nitrogen and oxygen atoms in total. The molecule has 1 aliphatic carbocycles. The van der Waals surface area contributed by atoms with Crippen LogP contribution >= 0.6 is 0 Å². The summed E-state index contributed by atoms with van der Waals surface area (Å²) in [6, 6.07) is 13.1. The molecule has 1 saturated heterocycles. The first-order valence-corrected chi connectivity index (χ1v) is 10.3. The number of hydrogen-bond donors (Lipinski definition) is 1. The fourth-order valence-corrected chi connectivity index (χ4v) is 4.67. The van der Waals surface area contributed by atoms with Crippen LogP contribution in [0.1, 0.15) is 23.3 Å². The lowest BCUT2D eigenvalue weighted by atomic mass is 10.0. The molecule has 3 atom stereocenters. The molecule has 3 heterocycles. The zero-order valence-corrected chi connectivity index (χ0v) is 16.8. The van der Waals surface area contributed by atoms with Crippen LogP contribution in [-0.2, 0) is 0 Å². The van der Waals surface area contributed by atoms with Gasteiger partial charge in [0, 0.05) is 31.7 Å². The standard InChI is InChI=1S/C23H22N4O4/c28-22(29)21-6-9-27(25-21)23(30)26-13-17-11-20(12-18(17)14-26)31-19-3-1-2-16(10-19)15-4-7-24-8-5-15/h1-10,17-18,20H,11-14H2,(H,28,29)/t17-,18+,20+. The van der Waals surface area contributed by atoms with Gasteiger partial charge in [-0.15, -0.1) is 0 Å². The van der Waals surface area contributed by atoms with Gasteiger partial charge in [0.05, 0.1) is 6.10 Å². The third kappa shape index (κ3) is 3.88. The van der Waals surface area contributed by atoms with E-state index in [1.54, 1.807) is 17.3 Å². The van der Waals surface area contributed by atoms with Gasteiger partial charge in [-0.3, -0.25) is 4.98 Å². The molecular formula is C23H22N4O4. The van der Waals surface area contributed by atoms with E-state index in [0.717, 1.165) is 34.4 Å². The summed E-state index contributed by atoms with van der Waals surface area (Å²) in [5, 5.41) is 12.8. The van der Waals surface area contributed by atoms with Gasteiger partial charge in [-0.2, -0.15) is 9.78 Å². The molecule has 0 spiro atoms. The minimum absolute atomic E-state index is 0.128. The van der Waals surface area contributed by atoms with Crippen molar-refractivity contribution >= 4 is 12.0 Å². The molecule has 0 radical (unpaired) electrons. The van der Waals surface area contributed by atoms with E-state index in [9.17, 15) is 9.59 Å². The fourth-order valence-electron chi connectivity index (χ4n) is 4.67. The number of aromatic carboxylic acids is 1. The first kappa shape index (κ1) is 19.3. The Balaban J connectivity index is 1.20. The van der Waals surface area contributed by atoms with Crippen LogP contribution in [0.15, 0.2) is 61.1 Å². The predicted octanol–water partition coefficient (Wildman–Crippen LogP) is 3.40. The van der Waals surface area contributed by atoms with Crippen LogP contribution in [-0.4, -0.2) is 56.0 Å². The van der Waals surface area contributed by atoms with Crippen molar-refractivity contribution in [3.8, 4) is 16.9 Å². The molecule has 1 N–H and O–H groups in total. The normalized spacial score (nSPS) is 22.3. The van der Waals surface area contributed by atoms with Crippen molar-refractivity contribution < 1.29 is 19.4 Å². The molecule has 31 heavy (non-hydrogen) atoms. The smallest absolute Gasteiger partial charge is 0.356 e. The second kappa shape index (κ2) is 7.86. The molecule has 1 saturated carbocycles. The van der Waals surface area contributed by atoms with Crippen LogP contribution in [0.4, 0.5) is 4.79 Å². The van der Waals surface area contributed by atoms with Gasteiger partial charge in [0.1, 0.15) is 5.75 Å². The summed E-state index contributed by atoms with van der Waals surface area (Å²) in [7, 11) is 0. The molecule has 8 heteroatoms. The Morgan fingerprint density at radius 3 is 2.42 bits per heavy atom. The van der Waals surface area contributed by atoms with Crippen molar-refractivity contribution in [3.05, 3.63) is 66.7 Å². The van der Waals surface area contributed by atoms with Gasteiger partial charge >= 0.3 is 12.0 Å². The number of pyridine rings is 1. The zero-order valence-electron chi connectivity index (χ0n) is 16.8. The Bertz CT molecular complexity index is 1100. The average molecular weight is 418 g/mol. The van der Waals surface area contributed by atoms with E-state index in [2.05, 4.69) is 22.2 Å². The fraction of sp³-hybridized carbons (Fsp3) is 0.304. The molecule has 2 aliphatic rings. The van der Waals surface area contributed by atoms with Crippen molar-refractivity contribution in [2.75, 3.05) is 13.1 Å². The molecule has 2 fully saturated rings. The van der Waals surface area contributed by atoms with E-state index in [4.69, 9.17) is 9.84 Å². The van der Waals surface area contributed by atoms with Crippen molar-refractivity contribution in [1.29, 1.82) is 0 Å². The van der Waals surface area contributed by atoms with E-state index in [1.165, 1.54) is 12.3 Å². The Morgan fingerprint density at radius 2 is 1.74 bits per heavy atom. The van der Waals surface area contributed by atoms with Gasteiger partial charge in [-0.1, -0.05) is 12.1 Å². The van der Waals surface area contributed by atoms with Crippen molar-refractivity contribution in [2.45, 2.75) is 18.9 Å². The summed E-state index contributed by atoms with van der Waals surface area (Å²) in [6.45, 7) is 1.28. The van der Waals surface area contributed by atoms with Crippen LogP contribution in [0.25, 0.3) is 11.1 Å². The van der Waals surface area contributed by atoms with E-state index in [0.29, 0.717) is 24.9 Å². The number of carbonyl (C=O) groups excluding carboxylic acids is 1. The lowest BCUT2D eigenvalue weighted by Gasteiger charge is -2.20. The average Bonchev–Trinajstić information content (AvgIpc) is 3.49. The summed E-state index contributed by atoms with van der Waals surface area (Å²) in [6.07, 6.45) is 6.88. The number of aromatic nitrogens is 3. The number of carbonyl (C=O) groups is 2. The maximum absolute atomic E-state index is 12.7. The van der Waals surface area contributed by atoms with E-state index >= 15 is 0 Å². The number of hydrogen-bond acceptors (Lipinski definition) is 5. The molecular weight excluding hydrogens is 396 g/mol. The summed E-state index contributed by atoms with van der Waals surface area (Å²) in [4.78, 5) is 29.5. The molecule has 2 aromatic heterocycles. The molecule has 0 bridgehead atoms. The van der Waals surface area contributed by atoms with Crippen molar-refractivity contribution in [2.24, 2.45) is 11.8 Å². The van der Waals surface area contributed by atoms with E-state index < -0.39 is 5.97 Å². The number of rotatable bonds is 4. The quantitative estimate of drug-likeness (QED) is 0.697. The van der Waals surface area contributed by atoms with Gasteiger partial charge in [-0.25, -0.2) is 9.59 Å². The van der Waals surface area contributed by atoms with Gasteiger partial charge in [0.2, 0.25) is 0 Å². The van der Waals surface area contributed by atoms with Crippen molar-refractivity contribution in [3.63, 3.8) is 0 Å². The van der Waals surface area contributed by atoms with Gasteiger partial charge in [0.25, 0.3) is 0 Å².